The number of nitrogens with one attached hydrogen (secondary N) is 1. The van der Waals surface area contributed by atoms with E-state index >= 15 is 0 Å². The fourth-order valence-corrected chi connectivity index (χ4v) is 4.84. The number of hydrogen-bond acceptors (Lipinski definition) is 5. The highest BCUT2D eigenvalue weighted by Crippen LogP contribution is 2.38. The van der Waals surface area contributed by atoms with Gasteiger partial charge in [-0.15, -0.1) is 0 Å². The van der Waals surface area contributed by atoms with Crippen molar-refractivity contribution < 1.29 is 14.6 Å². The number of benzene rings is 1. The van der Waals surface area contributed by atoms with Crippen molar-refractivity contribution in [3.05, 3.63) is 59.5 Å². The summed E-state index contributed by atoms with van der Waals surface area (Å²) in [5, 5.41) is 9.71. The average Bonchev–Trinajstić information content (AvgIpc) is 3.30. The number of ether oxygens (including phenoxy) is 1. The van der Waals surface area contributed by atoms with E-state index in [0.29, 0.717) is 23.4 Å². The van der Waals surface area contributed by atoms with E-state index in [-0.39, 0.29) is 5.78 Å². The SMILES string of the molecule is CCc1[nH]c(-c2ccc(-c3ccc(C4CCC(CC(O)OC)CC4)cc3)nc2)nc1C(C)=O. The first-order valence-corrected chi connectivity index (χ1v) is 11.9. The first-order valence-electron chi connectivity index (χ1n) is 11.9. The number of aryl methyl sites for hydroxylation is 1. The molecule has 1 aromatic carbocycles. The molecule has 0 amide bonds. The molecule has 1 aliphatic carbocycles. The number of aromatic nitrogens is 3. The van der Waals surface area contributed by atoms with Gasteiger partial charge in [0.15, 0.2) is 12.1 Å². The van der Waals surface area contributed by atoms with E-state index < -0.39 is 6.29 Å². The Morgan fingerprint density at radius 2 is 1.82 bits per heavy atom. The van der Waals surface area contributed by atoms with Crippen molar-refractivity contribution in [1.29, 1.82) is 0 Å². The highest BCUT2D eigenvalue weighted by atomic mass is 16.6. The van der Waals surface area contributed by atoms with Crippen molar-refractivity contribution in [2.24, 2.45) is 5.92 Å². The van der Waals surface area contributed by atoms with Crippen molar-refractivity contribution in [2.75, 3.05) is 7.11 Å². The number of H-pyrrole nitrogens is 1. The van der Waals surface area contributed by atoms with Crippen molar-refractivity contribution in [2.45, 2.75) is 64.6 Å². The van der Waals surface area contributed by atoms with Gasteiger partial charge in [0.2, 0.25) is 0 Å². The minimum absolute atomic E-state index is 0.0277. The number of rotatable bonds is 8. The summed E-state index contributed by atoms with van der Waals surface area (Å²) in [6.45, 7) is 3.55. The number of methoxy groups -OCH3 is 1. The summed E-state index contributed by atoms with van der Waals surface area (Å²) in [6, 6.07) is 12.7. The molecule has 1 saturated carbocycles. The number of nitrogens with zero attached hydrogens (tertiary/aromatic N) is 2. The number of Topliss-reactive ketones (excluding diaryl/α,β-unsaturated/α-hetero) is 1. The topological polar surface area (TPSA) is 88.1 Å². The van der Waals surface area contributed by atoms with Gasteiger partial charge in [0, 0.05) is 43.5 Å². The Labute approximate surface area is 195 Å². The monoisotopic (exact) mass is 447 g/mol. The predicted molar refractivity (Wildman–Crippen MR) is 129 cm³/mol. The summed E-state index contributed by atoms with van der Waals surface area (Å²) >= 11 is 0. The van der Waals surface area contributed by atoms with Gasteiger partial charge >= 0.3 is 0 Å². The minimum atomic E-state index is -0.637. The Morgan fingerprint density at radius 1 is 1.12 bits per heavy atom. The van der Waals surface area contributed by atoms with Crippen LogP contribution in [0.4, 0.5) is 0 Å². The lowest BCUT2D eigenvalue weighted by Crippen LogP contribution is -2.20. The molecule has 0 aliphatic heterocycles. The molecule has 2 heterocycles. The zero-order chi connectivity index (χ0) is 23.4. The molecule has 0 spiro atoms. The zero-order valence-electron chi connectivity index (χ0n) is 19.7. The molecule has 1 aliphatic rings. The molecule has 0 saturated heterocycles. The molecular formula is C27H33N3O3. The summed E-state index contributed by atoms with van der Waals surface area (Å²) in [6.07, 6.45) is 7.20. The number of carbonyl (C=O) groups excluding carboxylic acids is 1. The second-order valence-electron chi connectivity index (χ2n) is 9.02. The molecule has 33 heavy (non-hydrogen) atoms. The molecule has 3 aromatic rings. The molecule has 6 heteroatoms. The van der Waals surface area contributed by atoms with Gasteiger partial charge in [-0.05, 0) is 61.6 Å². The van der Waals surface area contributed by atoms with E-state index in [9.17, 15) is 9.90 Å². The Hall–Kier alpha value is -2.83. The van der Waals surface area contributed by atoms with E-state index in [1.807, 2.05) is 19.1 Å². The fourth-order valence-electron chi connectivity index (χ4n) is 4.84. The van der Waals surface area contributed by atoms with Crippen LogP contribution in [0.15, 0.2) is 42.6 Å². The average molecular weight is 448 g/mol. The number of aliphatic hydroxyl groups excluding tert-OH is 1. The Kier molecular flexibility index (Phi) is 7.36. The predicted octanol–water partition coefficient (Wildman–Crippen LogP) is 5.53. The molecule has 6 nitrogen and oxygen atoms in total. The Morgan fingerprint density at radius 3 is 2.36 bits per heavy atom. The lowest BCUT2D eigenvalue weighted by atomic mass is 9.77. The van der Waals surface area contributed by atoms with Crippen LogP contribution in [-0.4, -0.2) is 39.2 Å². The van der Waals surface area contributed by atoms with Crippen molar-refractivity contribution in [3.63, 3.8) is 0 Å². The highest BCUT2D eigenvalue weighted by Gasteiger charge is 2.24. The van der Waals surface area contributed by atoms with E-state index in [4.69, 9.17) is 4.74 Å². The van der Waals surface area contributed by atoms with E-state index in [1.54, 1.807) is 20.2 Å². The number of imidazole rings is 1. The van der Waals surface area contributed by atoms with Crippen molar-refractivity contribution in [1.82, 2.24) is 15.0 Å². The van der Waals surface area contributed by atoms with Crippen LogP contribution in [0.1, 0.15) is 73.6 Å². The number of carbonyl (C=O) groups is 1. The molecular weight excluding hydrogens is 414 g/mol. The van der Waals surface area contributed by atoms with Crippen LogP contribution in [-0.2, 0) is 11.2 Å². The van der Waals surface area contributed by atoms with Crippen molar-refractivity contribution >= 4 is 5.78 Å². The maximum atomic E-state index is 11.8. The molecule has 1 atom stereocenters. The van der Waals surface area contributed by atoms with Gasteiger partial charge in [0.25, 0.3) is 0 Å². The second-order valence-corrected chi connectivity index (χ2v) is 9.02. The van der Waals surface area contributed by atoms with Crippen molar-refractivity contribution in [3.8, 4) is 22.6 Å². The first-order chi connectivity index (χ1) is 16.0. The maximum absolute atomic E-state index is 11.8. The summed E-state index contributed by atoms with van der Waals surface area (Å²) < 4.78 is 5.00. The molecule has 1 fully saturated rings. The molecule has 0 bridgehead atoms. The van der Waals surface area contributed by atoms with Gasteiger partial charge in [-0.2, -0.15) is 0 Å². The summed E-state index contributed by atoms with van der Waals surface area (Å²) in [7, 11) is 1.56. The number of aliphatic hydroxyl groups is 1. The normalized spacial score (nSPS) is 19.4. The molecule has 174 valence electrons. The van der Waals surface area contributed by atoms with Crippen LogP contribution in [0.25, 0.3) is 22.6 Å². The third-order valence-corrected chi connectivity index (χ3v) is 6.83. The quantitative estimate of drug-likeness (QED) is 0.350. The molecule has 0 radical (unpaired) electrons. The smallest absolute Gasteiger partial charge is 0.179 e. The summed E-state index contributed by atoms with van der Waals surface area (Å²) in [5.74, 6) is 1.78. The maximum Gasteiger partial charge on any atom is 0.179 e. The first kappa shape index (κ1) is 23.3. The van der Waals surface area contributed by atoms with Crippen LogP contribution in [0, 0.1) is 5.92 Å². The number of pyridine rings is 1. The van der Waals surface area contributed by atoms with Gasteiger partial charge in [0.1, 0.15) is 11.5 Å². The van der Waals surface area contributed by atoms with E-state index in [1.165, 1.54) is 5.56 Å². The minimum Gasteiger partial charge on any atom is -0.368 e. The largest absolute Gasteiger partial charge is 0.368 e. The number of hydrogen-bond donors (Lipinski definition) is 2. The number of aromatic amines is 1. The number of ketones is 1. The van der Waals surface area contributed by atoms with E-state index in [0.717, 1.165) is 61.0 Å². The lowest BCUT2D eigenvalue weighted by Gasteiger charge is -2.29. The van der Waals surface area contributed by atoms with Gasteiger partial charge in [0.05, 0.1) is 5.69 Å². The molecule has 2 aromatic heterocycles. The lowest BCUT2D eigenvalue weighted by molar-refractivity contribution is -0.0897. The summed E-state index contributed by atoms with van der Waals surface area (Å²) in [5.41, 5.74) is 5.61. The standard InChI is InChI=1S/C27H33N3O3/c1-4-23-26(17(2)31)30-27(29-23)22-13-14-24(28-16-22)21-11-9-20(10-12-21)19-7-5-18(6-8-19)15-25(32)33-3/h9-14,16,18-19,25,32H,4-8,15H2,1-3H3,(H,29,30). The van der Waals surface area contributed by atoms with Gasteiger partial charge < -0.3 is 14.8 Å². The molecule has 1 unspecified atom stereocenters. The van der Waals surface area contributed by atoms with Gasteiger partial charge in [-0.3, -0.25) is 9.78 Å². The molecule has 2 N–H and O–H groups in total. The van der Waals surface area contributed by atoms with Crippen LogP contribution in [0.5, 0.6) is 0 Å². The third-order valence-electron chi connectivity index (χ3n) is 6.83. The second kappa shape index (κ2) is 10.4. The van der Waals surface area contributed by atoms with Crippen LogP contribution >= 0.6 is 0 Å². The van der Waals surface area contributed by atoms with Gasteiger partial charge in [-0.25, -0.2) is 4.98 Å². The Bertz CT molecular complexity index is 1060. The highest BCUT2D eigenvalue weighted by molar-refractivity contribution is 5.94. The zero-order valence-corrected chi connectivity index (χ0v) is 19.7. The summed E-state index contributed by atoms with van der Waals surface area (Å²) in [4.78, 5) is 24.2. The van der Waals surface area contributed by atoms with E-state index in [2.05, 4.69) is 39.2 Å². The Balaban J connectivity index is 1.41. The fraction of sp³-hybridized carbons (Fsp3) is 0.444. The van der Waals surface area contributed by atoms with Gasteiger partial charge in [-0.1, -0.05) is 31.2 Å². The van der Waals surface area contributed by atoms with Crippen LogP contribution in [0.2, 0.25) is 0 Å². The molecule has 4 rings (SSSR count). The van der Waals surface area contributed by atoms with Crippen LogP contribution < -0.4 is 0 Å². The van der Waals surface area contributed by atoms with Crippen LogP contribution in [0.3, 0.4) is 0 Å². The third kappa shape index (κ3) is 5.40.